The molecule has 146 valence electrons. The summed E-state index contributed by atoms with van der Waals surface area (Å²) in [6.45, 7) is 26.5. The molecule has 5 heteroatoms. The Labute approximate surface area is 153 Å². The maximum Gasteiger partial charge on any atom is 0.192 e. The second-order valence-electron chi connectivity index (χ2n) is 10.4. The van der Waals surface area contributed by atoms with Crippen molar-refractivity contribution in [3.05, 3.63) is 0 Å². The van der Waals surface area contributed by atoms with Gasteiger partial charge in [-0.05, 0) is 49.1 Å². The summed E-state index contributed by atoms with van der Waals surface area (Å²) in [4.78, 5) is 0. The van der Waals surface area contributed by atoms with Gasteiger partial charge in [-0.2, -0.15) is 0 Å². The number of rotatable bonds is 9. The molecule has 24 heavy (non-hydrogen) atoms. The standard InChI is InChI=1S/C19H44O3Si2/c1-12-19(13-14-20,15-21-23(8,9)17(2,3)4)16-22-24(10,11)18(5,6)7/h20H,12-16H2,1-11H3. The van der Waals surface area contributed by atoms with Crippen LogP contribution >= 0.6 is 0 Å². The van der Waals surface area contributed by atoms with Crippen molar-refractivity contribution in [2.45, 2.75) is 97.6 Å². The van der Waals surface area contributed by atoms with Crippen molar-refractivity contribution in [1.82, 2.24) is 0 Å². The van der Waals surface area contributed by atoms with Crippen LogP contribution in [0.1, 0.15) is 61.3 Å². The lowest BCUT2D eigenvalue weighted by Gasteiger charge is -2.43. The van der Waals surface area contributed by atoms with Crippen molar-refractivity contribution in [1.29, 1.82) is 0 Å². The highest BCUT2D eigenvalue weighted by Crippen LogP contribution is 2.41. The van der Waals surface area contributed by atoms with Gasteiger partial charge in [-0.25, -0.2) is 0 Å². The summed E-state index contributed by atoms with van der Waals surface area (Å²) in [6.07, 6.45) is 1.71. The summed E-state index contributed by atoms with van der Waals surface area (Å²) < 4.78 is 13.0. The van der Waals surface area contributed by atoms with Gasteiger partial charge >= 0.3 is 0 Å². The maximum absolute atomic E-state index is 9.62. The van der Waals surface area contributed by atoms with Gasteiger partial charge in [-0.15, -0.1) is 0 Å². The third-order valence-corrected chi connectivity index (χ3v) is 15.4. The fourth-order valence-electron chi connectivity index (χ4n) is 1.90. The Kier molecular flexibility index (Phi) is 8.45. The first-order valence-electron chi connectivity index (χ1n) is 9.42. The summed E-state index contributed by atoms with van der Waals surface area (Å²) in [6, 6.07) is 0. The van der Waals surface area contributed by atoms with E-state index in [2.05, 4.69) is 74.7 Å². The summed E-state index contributed by atoms with van der Waals surface area (Å²) >= 11 is 0. The van der Waals surface area contributed by atoms with Crippen LogP contribution in [0.2, 0.25) is 36.3 Å². The molecule has 0 aliphatic heterocycles. The van der Waals surface area contributed by atoms with E-state index < -0.39 is 16.6 Å². The van der Waals surface area contributed by atoms with Crippen LogP contribution < -0.4 is 0 Å². The van der Waals surface area contributed by atoms with E-state index in [1.165, 1.54) is 0 Å². The summed E-state index contributed by atoms with van der Waals surface area (Å²) in [7, 11) is -3.59. The maximum atomic E-state index is 9.62. The van der Waals surface area contributed by atoms with Gasteiger partial charge in [-0.1, -0.05) is 48.5 Å². The van der Waals surface area contributed by atoms with E-state index in [-0.39, 0.29) is 22.1 Å². The molecule has 0 bridgehead atoms. The molecule has 0 aromatic heterocycles. The molecule has 0 aromatic carbocycles. The quantitative estimate of drug-likeness (QED) is 0.516. The third kappa shape index (κ3) is 6.56. The minimum atomic E-state index is -1.80. The van der Waals surface area contributed by atoms with Gasteiger partial charge in [0.1, 0.15) is 0 Å². The fraction of sp³-hybridized carbons (Fsp3) is 1.00. The molecular formula is C19H44O3Si2. The molecule has 0 saturated heterocycles. The predicted molar refractivity (Wildman–Crippen MR) is 111 cm³/mol. The molecule has 0 atom stereocenters. The average molecular weight is 377 g/mol. The Balaban J connectivity index is 5.17. The average Bonchev–Trinajstić information content (AvgIpc) is 2.40. The molecule has 0 aliphatic rings. The number of hydrogen-bond donors (Lipinski definition) is 1. The molecule has 3 nitrogen and oxygen atoms in total. The molecule has 0 heterocycles. The topological polar surface area (TPSA) is 38.7 Å². The van der Waals surface area contributed by atoms with Gasteiger partial charge < -0.3 is 14.0 Å². The summed E-state index contributed by atoms with van der Waals surface area (Å²) in [5.74, 6) is 0. The molecule has 0 aliphatic carbocycles. The molecule has 0 amide bonds. The van der Waals surface area contributed by atoms with Crippen molar-refractivity contribution in [2.24, 2.45) is 5.41 Å². The number of aliphatic hydroxyl groups excluding tert-OH is 1. The third-order valence-electron chi connectivity index (χ3n) is 6.48. The van der Waals surface area contributed by atoms with E-state index in [1.54, 1.807) is 0 Å². The van der Waals surface area contributed by atoms with E-state index in [0.29, 0.717) is 13.2 Å². The minimum absolute atomic E-state index is 0.0835. The molecular weight excluding hydrogens is 332 g/mol. The highest BCUT2D eigenvalue weighted by Gasteiger charge is 2.42. The number of hydrogen-bond acceptors (Lipinski definition) is 3. The van der Waals surface area contributed by atoms with Gasteiger partial charge in [0.25, 0.3) is 0 Å². The highest BCUT2D eigenvalue weighted by molar-refractivity contribution is 6.74. The number of aliphatic hydroxyl groups is 1. The van der Waals surface area contributed by atoms with Gasteiger partial charge in [0.2, 0.25) is 0 Å². The monoisotopic (exact) mass is 376 g/mol. The SMILES string of the molecule is CCC(CCO)(CO[Si](C)(C)C(C)(C)C)CO[Si](C)(C)C(C)(C)C. The predicted octanol–water partition coefficient (Wildman–Crippen LogP) is 5.81. The van der Waals surface area contributed by atoms with Crippen LogP contribution in [0.5, 0.6) is 0 Å². The smallest absolute Gasteiger partial charge is 0.192 e. The van der Waals surface area contributed by atoms with Crippen LogP contribution in [0.15, 0.2) is 0 Å². The first kappa shape index (κ1) is 24.3. The van der Waals surface area contributed by atoms with Crippen LogP contribution in [-0.2, 0) is 8.85 Å². The molecule has 0 rings (SSSR count). The van der Waals surface area contributed by atoms with E-state index >= 15 is 0 Å². The van der Waals surface area contributed by atoms with Crippen molar-refractivity contribution >= 4 is 16.6 Å². The Morgan fingerprint density at radius 2 is 1.08 bits per heavy atom. The van der Waals surface area contributed by atoms with Gasteiger partial charge in [-0.3, -0.25) is 0 Å². The van der Waals surface area contributed by atoms with Crippen molar-refractivity contribution < 1.29 is 14.0 Å². The first-order chi connectivity index (χ1) is 10.5. The van der Waals surface area contributed by atoms with Crippen LogP contribution in [-0.4, -0.2) is 41.6 Å². The minimum Gasteiger partial charge on any atom is -0.416 e. The van der Waals surface area contributed by atoms with Crippen LogP contribution in [0.4, 0.5) is 0 Å². The Hall–Kier alpha value is 0.314. The van der Waals surface area contributed by atoms with E-state index in [4.69, 9.17) is 8.85 Å². The molecule has 1 N–H and O–H groups in total. The zero-order chi connectivity index (χ0) is 19.4. The van der Waals surface area contributed by atoms with E-state index in [1.807, 2.05) is 0 Å². The molecule has 0 unspecified atom stereocenters. The molecule has 0 aromatic rings. The lowest BCUT2D eigenvalue weighted by Crippen LogP contribution is -2.48. The van der Waals surface area contributed by atoms with E-state index in [9.17, 15) is 5.11 Å². The largest absolute Gasteiger partial charge is 0.416 e. The van der Waals surface area contributed by atoms with Crippen LogP contribution in [0, 0.1) is 5.41 Å². The van der Waals surface area contributed by atoms with Gasteiger partial charge in [0.15, 0.2) is 16.6 Å². The summed E-state index contributed by atoms with van der Waals surface area (Å²) in [5, 5.41) is 10.0. The second-order valence-corrected chi connectivity index (χ2v) is 20.0. The normalized spacial score (nSPS) is 15.0. The zero-order valence-electron chi connectivity index (χ0n) is 18.3. The Bertz CT molecular complexity index is 349. The lowest BCUT2D eigenvalue weighted by molar-refractivity contribution is 0.0385. The van der Waals surface area contributed by atoms with Crippen molar-refractivity contribution in [3.63, 3.8) is 0 Å². The second kappa shape index (κ2) is 8.34. The zero-order valence-corrected chi connectivity index (χ0v) is 20.3. The molecule has 0 radical (unpaired) electrons. The van der Waals surface area contributed by atoms with Crippen molar-refractivity contribution in [3.8, 4) is 0 Å². The molecule has 0 spiro atoms. The fourth-order valence-corrected chi connectivity index (χ4v) is 4.10. The van der Waals surface area contributed by atoms with Crippen molar-refractivity contribution in [2.75, 3.05) is 19.8 Å². The van der Waals surface area contributed by atoms with Gasteiger partial charge in [0.05, 0.1) is 0 Å². The van der Waals surface area contributed by atoms with Crippen LogP contribution in [0.3, 0.4) is 0 Å². The molecule has 0 fully saturated rings. The lowest BCUT2D eigenvalue weighted by atomic mass is 9.84. The summed E-state index contributed by atoms with van der Waals surface area (Å²) in [5.41, 5.74) is -0.0835. The molecule has 0 saturated carbocycles. The Morgan fingerprint density at radius 1 is 0.750 bits per heavy atom. The van der Waals surface area contributed by atoms with Crippen LogP contribution in [0.25, 0.3) is 0 Å². The first-order valence-corrected chi connectivity index (χ1v) is 15.2. The Morgan fingerprint density at radius 3 is 1.29 bits per heavy atom. The van der Waals surface area contributed by atoms with Gasteiger partial charge in [0, 0.05) is 25.2 Å². The highest BCUT2D eigenvalue weighted by atomic mass is 28.4. The van der Waals surface area contributed by atoms with E-state index in [0.717, 1.165) is 12.8 Å².